The molecule has 0 saturated carbocycles. The first-order valence-corrected chi connectivity index (χ1v) is 11.2. The van der Waals surface area contributed by atoms with Crippen LogP contribution in [0.5, 0.6) is 0 Å². The van der Waals surface area contributed by atoms with Crippen LogP contribution in [-0.4, -0.2) is 28.5 Å². The van der Waals surface area contributed by atoms with E-state index in [4.69, 9.17) is 9.84 Å². The number of carboxylic acid groups (broad SMARTS) is 1. The van der Waals surface area contributed by atoms with Crippen LogP contribution in [0.3, 0.4) is 0 Å². The quantitative estimate of drug-likeness (QED) is 0.463. The molecule has 6 heteroatoms. The third-order valence-corrected chi connectivity index (χ3v) is 6.71. The molecule has 0 aliphatic carbocycles. The Hall–Kier alpha value is -1.92. The SMILES string of the molecule is C/C=C(\C)c1ccc(SN2\C=C(CCC(=O)O)/C(CC)=C/C(OCC)=C\C2)s1. The van der Waals surface area contributed by atoms with Crippen molar-refractivity contribution in [3.8, 4) is 0 Å². The molecule has 1 aliphatic heterocycles. The van der Waals surface area contributed by atoms with Crippen molar-refractivity contribution >= 4 is 34.8 Å². The Morgan fingerprint density at radius 2 is 2.14 bits per heavy atom. The van der Waals surface area contributed by atoms with Crippen molar-refractivity contribution in [2.24, 2.45) is 0 Å². The Balaban J connectivity index is 2.31. The number of allylic oxidation sites excluding steroid dienone is 5. The highest BCUT2D eigenvalue weighted by Gasteiger charge is 2.15. The molecule has 1 aliphatic rings. The molecule has 0 saturated heterocycles. The minimum Gasteiger partial charge on any atom is -0.494 e. The summed E-state index contributed by atoms with van der Waals surface area (Å²) in [7, 11) is 0. The van der Waals surface area contributed by atoms with Crippen molar-refractivity contribution in [1.29, 1.82) is 0 Å². The van der Waals surface area contributed by atoms with Crippen LogP contribution in [-0.2, 0) is 9.53 Å². The normalized spacial score (nSPS) is 20.9. The van der Waals surface area contributed by atoms with Crippen molar-refractivity contribution in [3.63, 3.8) is 0 Å². The van der Waals surface area contributed by atoms with Crippen LogP contribution in [0, 0.1) is 0 Å². The zero-order valence-corrected chi connectivity index (χ0v) is 18.7. The minimum absolute atomic E-state index is 0.124. The van der Waals surface area contributed by atoms with Gasteiger partial charge in [0, 0.05) is 17.5 Å². The number of carbonyl (C=O) groups is 1. The fraction of sp³-hybridized carbons (Fsp3) is 0.409. The highest BCUT2D eigenvalue weighted by Crippen LogP contribution is 2.35. The summed E-state index contributed by atoms with van der Waals surface area (Å²) in [6.45, 7) is 9.54. The number of thiophene rings is 1. The van der Waals surface area contributed by atoms with E-state index >= 15 is 0 Å². The first-order valence-electron chi connectivity index (χ1n) is 9.60. The Labute approximate surface area is 176 Å². The van der Waals surface area contributed by atoms with Gasteiger partial charge in [0.25, 0.3) is 0 Å². The molecule has 0 aromatic carbocycles. The Kier molecular flexibility index (Phi) is 8.93. The molecule has 28 heavy (non-hydrogen) atoms. The molecule has 2 rings (SSSR count). The molecule has 1 aromatic rings. The predicted molar refractivity (Wildman–Crippen MR) is 119 cm³/mol. The van der Waals surface area contributed by atoms with Gasteiger partial charge in [0.1, 0.15) is 5.76 Å². The molecule has 2 heterocycles. The van der Waals surface area contributed by atoms with Crippen LogP contribution in [0.25, 0.3) is 5.57 Å². The van der Waals surface area contributed by atoms with E-state index in [1.165, 1.54) is 14.7 Å². The number of carboxylic acids is 1. The monoisotopic (exact) mass is 419 g/mol. The van der Waals surface area contributed by atoms with E-state index in [0.29, 0.717) is 19.6 Å². The first kappa shape index (κ1) is 22.4. The maximum atomic E-state index is 11.1. The van der Waals surface area contributed by atoms with Crippen molar-refractivity contribution in [2.75, 3.05) is 13.2 Å². The number of rotatable bonds is 9. The summed E-state index contributed by atoms with van der Waals surface area (Å²) in [5.74, 6) is 0.0745. The first-order chi connectivity index (χ1) is 13.5. The van der Waals surface area contributed by atoms with Crippen LogP contribution in [0.15, 0.2) is 57.7 Å². The van der Waals surface area contributed by atoms with E-state index < -0.39 is 5.97 Å². The summed E-state index contributed by atoms with van der Waals surface area (Å²) in [5, 5.41) is 9.14. The molecule has 4 nitrogen and oxygen atoms in total. The molecular formula is C22H29NO3S2. The maximum Gasteiger partial charge on any atom is 0.303 e. The van der Waals surface area contributed by atoms with Crippen LogP contribution in [0.2, 0.25) is 0 Å². The minimum atomic E-state index is -0.775. The maximum absolute atomic E-state index is 11.1. The average Bonchev–Trinajstić information content (AvgIpc) is 3.13. The second kappa shape index (κ2) is 11.2. The van der Waals surface area contributed by atoms with Crippen molar-refractivity contribution in [3.05, 3.63) is 58.3 Å². The predicted octanol–water partition coefficient (Wildman–Crippen LogP) is 6.50. The lowest BCUT2D eigenvalue weighted by molar-refractivity contribution is -0.136. The lowest BCUT2D eigenvalue weighted by atomic mass is 9.98. The van der Waals surface area contributed by atoms with Crippen LogP contribution >= 0.6 is 23.3 Å². The van der Waals surface area contributed by atoms with Crippen molar-refractivity contribution in [2.45, 2.75) is 51.2 Å². The molecule has 0 atom stereocenters. The molecular weight excluding hydrogens is 390 g/mol. The number of ether oxygens (including phenoxy) is 1. The molecule has 0 unspecified atom stereocenters. The molecule has 152 valence electrons. The van der Waals surface area contributed by atoms with Gasteiger partial charge >= 0.3 is 5.97 Å². The standard InChI is InChI=1S/C22H29NO3S2/c1-5-16(4)20-9-11-22(27-20)28-23-13-12-19(26-7-3)14-17(6-2)18(15-23)8-10-21(24)25/h5,9,11-12,14-15H,6-8,10,13H2,1-4H3,(H,24,25)/b16-5+,17-14+,18-15-,19-12+. The second-order valence-electron chi connectivity index (χ2n) is 6.39. The summed E-state index contributed by atoms with van der Waals surface area (Å²) < 4.78 is 9.15. The smallest absolute Gasteiger partial charge is 0.303 e. The van der Waals surface area contributed by atoms with Crippen LogP contribution in [0.4, 0.5) is 0 Å². The molecule has 0 amide bonds. The van der Waals surface area contributed by atoms with Gasteiger partial charge in [-0.15, -0.1) is 11.3 Å². The third-order valence-electron chi connectivity index (χ3n) is 4.41. The Morgan fingerprint density at radius 1 is 1.36 bits per heavy atom. The van der Waals surface area contributed by atoms with Gasteiger partial charge < -0.3 is 14.1 Å². The summed E-state index contributed by atoms with van der Waals surface area (Å²) in [6, 6.07) is 4.30. The van der Waals surface area contributed by atoms with E-state index in [1.54, 1.807) is 23.3 Å². The van der Waals surface area contributed by atoms with Crippen molar-refractivity contribution in [1.82, 2.24) is 4.31 Å². The van der Waals surface area contributed by atoms with Gasteiger partial charge in [-0.2, -0.15) is 0 Å². The van der Waals surface area contributed by atoms with Crippen LogP contribution < -0.4 is 0 Å². The van der Waals surface area contributed by atoms with E-state index in [1.807, 2.05) is 6.92 Å². The topological polar surface area (TPSA) is 49.8 Å². The van der Waals surface area contributed by atoms with E-state index in [2.05, 4.69) is 61.6 Å². The summed E-state index contributed by atoms with van der Waals surface area (Å²) in [4.78, 5) is 12.4. The van der Waals surface area contributed by atoms with Gasteiger partial charge in [-0.25, -0.2) is 0 Å². The molecule has 0 radical (unpaired) electrons. The summed E-state index contributed by atoms with van der Waals surface area (Å²) >= 11 is 3.45. The summed E-state index contributed by atoms with van der Waals surface area (Å²) in [6.07, 6.45) is 9.83. The van der Waals surface area contributed by atoms with Gasteiger partial charge in [0.05, 0.1) is 17.4 Å². The van der Waals surface area contributed by atoms with Crippen molar-refractivity contribution < 1.29 is 14.6 Å². The van der Waals surface area contributed by atoms with Gasteiger partial charge in [0.2, 0.25) is 0 Å². The van der Waals surface area contributed by atoms with E-state index in [9.17, 15) is 4.79 Å². The lowest BCUT2D eigenvalue weighted by Gasteiger charge is -2.23. The largest absolute Gasteiger partial charge is 0.494 e. The second-order valence-corrected chi connectivity index (χ2v) is 8.83. The zero-order valence-electron chi connectivity index (χ0n) is 17.0. The molecule has 1 N–H and O–H groups in total. The molecule has 0 bridgehead atoms. The van der Waals surface area contributed by atoms with Gasteiger partial charge in [-0.05, 0) is 86.6 Å². The number of hydrogen-bond donors (Lipinski definition) is 1. The zero-order chi connectivity index (χ0) is 20.5. The summed E-state index contributed by atoms with van der Waals surface area (Å²) in [5.41, 5.74) is 3.46. The fourth-order valence-corrected chi connectivity index (χ4v) is 4.94. The van der Waals surface area contributed by atoms with Gasteiger partial charge in [-0.1, -0.05) is 13.0 Å². The van der Waals surface area contributed by atoms with Gasteiger partial charge in [-0.3, -0.25) is 4.79 Å². The number of aliphatic carboxylic acids is 1. The number of hydrogen-bond acceptors (Lipinski definition) is 5. The van der Waals surface area contributed by atoms with Gasteiger partial charge in [0.15, 0.2) is 0 Å². The Morgan fingerprint density at radius 3 is 2.79 bits per heavy atom. The van der Waals surface area contributed by atoms with E-state index in [-0.39, 0.29) is 6.42 Å². The molecule has 1 aromatic heterocycles. The average molecular weight is 420 g/mol. The lowest BCUT2D eigenvalue weighted by Crippen LogP contribution is -2.13. The Bertz CT molecular complexity index is 802. The fourth-order valence-electron chi connectivity index (χ4n) is 2.78. The number of nitrogens with zero attached hydrogens (tertiary/aromatic N) is 1. The van der Waals surface area contributed by atoms with Crippen LogP contribution in [0.1, 0.15) is 51.8 Å². The molecule has 0 fully saturated rings. The third kappa shape index (κ3) is 6.60. The highest BCUT2D eigenvalue weighted by molar-refractivity contribution is 7.99. The molecule has 0 spiro atoms. The van der Waals surface area contributed by atoms with E-state index in [0.717, 1.165) is 23.3 Å². The highest BCUT2D eigenvalue weighted by atomic mass is 32.2.